The molecule has 0 aliphatic carbocycles. The largest absolute Gasteiger partial charge is 0.497 e. The minimum Gasteiger partial charge on any atom is -0.497 e. The van der Waals surface area contributed by atoms with Gasteiger partial charge in [0.25, 0.3) is 0 Å². The number of benzene rings is 1. The summed E-state index contributed by atoms with van der Waals surface area (Å²) in [6, 6.07) is 7.42. The van der Waals surface area contributed by atoms with Crippen molar-refractivity contribution in [2.24, 2.45) is 5.84 Å². The molecule has 1 aromatic carbocycles. The number of nitrogen functional groups attached to an aromatic ring is 1. The van der Waals surface area contributed by atoms with Crippen molar-refractivity contribution >= 4 is 11.8 Å². The normalized spacial score (nSPS) is 9.95. The van der Waals surface area contributed by atoms with Crippen LogP contribution in [0.5, 0.6) is 11.5 Å². The van der Waals surface area contributed by atoms with Crippen LogP contribution < -0.4 is 26.1 Å². The molecule has 0 aliphatic rings. The van der Waals surface area contributed by atoms with Gasteiger partial charge in [0.1, 0.15) is 17.3 Å². The predicted molar refractivity (Wildman–Crippen MR) is 76.7 cm³/mol. The van der Waals surface area contributed by atoms with Crippen molar-refractivity contribution in [3.63, 3.8) is 0 Å². The summed E-state index contributed by atoms with van der Waals surface area (Å²) in [5.41, 5.74) is 3.39. The van der Waals surface area contributed by atoms with E-state index in [-0.39, 0.29) is 0 Å². The van der Waals surface area contributed by atoms with Crippen molar-refractivity contribution in [1.82, 2.24) is 9.97 Å². The quantitative estimate of drug-likeness (QED) is 0.541. The standard InChI is InChI=1S/C13H17N5O2/c1-19-10-4-3-9(11(7-10)20-2)8-16-12-5-6-15-13(17-12)18-14/h3-7H,8,14H2,1-2H3,(H2,15,16,17,18). The van der Waals surface area contributed by atoms with Gasteiger partial charge in [-0.1, -0.05) is 0 Å². The van der Waals surface area contributed by atoms with Gasteiger partial charge in [-0.2, -0.15) is 4.98 Å². The monoisotopic (exact) mass is 275 g/mol. The van der Waals surface area contributed by atoms with Crippen LogP contribution >= 0.6 is 0 Å². The molecule has 0 saturated carbocycles. The van der Waals surface area contributed by atoms with Crippen LogP contribution in [-0.2, 0) is 6.54 Å². The maximum Gasteiger partial charge on any atom is 0.239 e. The second-order valence-corrected chi connectivity index (χ2v) is 3.94. The summed E-state index contributed by atoms with van der Waals surface area (Å²) in [6.45, 7) is 0.564. The van der Waals surface area contributed by atoms with Crippen LogP contribution in [0, 0.1) is 0 Å². The summed E-state index contributed by atoms with van der Waals surface area (Å²) in [5, 5.41) is 3.18. The van der Waals surface area contributed by atoms with Gasteiger partial charge in [0.05, 0.1) is 14.2 Å². The van der Waals surface area contributed by atoms with Crippen molar-refractivity contribution in [2.75, 3.05) is 25.0 Å². The van der Waals surface area contributed by atoms with E-state index in [4.69, 9.17) is 15.3 Å². The van der Waals surface area contributed by atoms with E-state index in [2.05, 4.69) is 20.7 Å². The van der Waals surface area contributed by atoms with Gasteiger partial charge in [-0.3, -0.25) is 5.43 Å². The SMILES string of the molecule is COc1ccc(CNc2ccnc(NN)n2)c(OC)c1. The minimum absolute atomic E-state index is 0.358. The van der Waals surface area contributed by atoms with Gasteiger partial charge >= 0.3 is 0 Å². The molecular formula is C13H17N5O2. The fourth-order valence-electron chi connectivity index (χ4n) is 1.71. The van der Waals surface area contributed by atoms with Crippen LogP contribution in [-0.4, -0.2) is 24.2 Å². The van der Waals surface area contributed by atoms with E-state index in [1.165, 1.54) is 0 Å². The number of ether oxygens (including phenoxy) is 2. The Hall–Kier alpha value is -2.54. The number of hydrazine groups is 1. The molecule has 106 valence electrons. The lowest BCUT2D eigenvalue weighted by Crippen LogP contribution is -2.11. The molecule has 20 heavy (non-hydrogen) atoms. The van der Waals surface area contributed by atoms with Crippen molar-refractivity contribution in [3.05, 3.63) is 36.0 Å². The van der Waals surface area contributed by atoms with E-state index in [0.717, 1.165) is 17.1 Å². The third kappa shape index (κ3) is 3.27. The summed E-state index contributed by atoms with van der Waals surface area (Å²) in [5.74, 6) is 7.80. The highest BCUT2D eigenvalue weighted by molar-refractivity contribution is 5.44. The van der Waals surface area contributed by atoms with Crippen LogP contribution in [0.25, 0.3) is 0 Å². The number of aromatic nitrogens is 2. The molecule has 0 saturated heterocycles. The second kappa shape index (κ2) is 6.58. The van der Waals surface area contributed by atoms with Gasteiger partial charge in [0, 0.05) is 24.4 Å². The van der Waals surface area contributed by atoms with Crippen molar-refractivity contribution in [2.45, 2.75) is 6.54 Å². The maximum atomic E-state index is 5.34. The number of nitrogens with zero attached hydrogens (tertiary/aromatic N) is 2. The highest BCUT2D eigenvalue weighted by Gasteiger charge is 2.05. The molecule has 0 radical (unpaired) electrons. The number of anilines is 2. The number of nitrogens with one attached hydrogen (secondary N) is 2. The maximum absolute atomic E-state index is 5.34. The fourth-order valence-corrected chi connectivity index (χ4v) is 1.71. The molecule has 2 aromatic rings. The first-order chi connectivity index (χ1) is 9.76. The Labute approximate surface area is 117 Å². The summed E-state index contributed by atoms with van der Waals surface area (Å²) < 4.78 is 10.5. The number of methoxy groups -OCH3 is 2. The van der Waals surface area contributed by atoms with Crippen molar-refractivity contribution in [1.29, 1.82) is 0 Å². The number of hydrogen-bond acceptors (Lipinski definition) is 7. The molecule has 4 N–H and O–H groups in total. The summed E-state index contributed by atoms with van der Waals surface area (Å²) in [6.07, 6.45) is 1.62. The second-order valence-electron chi connectivity index (χ2n) is 3.94. The zero-order valence-electron chi connectivity index (χ0n) is 11.4. The van der Waals surface area contributed by atoms with Gasteiger partial charge in [0.15, 0.2) is 0 Å². The lowest BCUT2D eigenvalue weighted by molar-refractivity contribution is 0.391. The Morgan fingerprint density at radius 3 is 2.75 bits per heavy atom. The highest BCUT2D eigenvalue weighted by atomic mass is 16.5. The molecule has 1 aromatic heterocycles. The first-order valence-corrected chi connectivity index (χ1v) is 6.01. The lowest BCUT2D eigenvalue weighted by atomic mass is 10.2. The molecule has 0 amide bonds. The average Bonchev–Trinajstić information content (AvgIpc) is 2.52. The van der Waals surface area contributed by atoms with Gasteiger partial charge in [-0.05, 0) is 18.2 Å². The topological polar surface area (TPSA) is 94.3 Å². The Morgan fingerprint density at radius 2 is 2.05 bits per heavy atom. The van der Waals surface area contributed by atoms with E-state index in [1.54, 1.807) is 26.5 Å². The third-order valence-electron chi connectivity index (χ3n) is 2.74. The zero-order chi connectivity index (χ0) is 14.4. The Morgan fingerprint density at radius 1 is 1.20 bits per heavy atom. The molecule has 2 rings (SSSR count). The average molecular weight is 275 g/mol. The molecule has 1 heterocycles. The van der Waals surface area contributed by atoms with E-state index in [1.807, 2.05) is 18.2 Å². The van der Waals surface area contributed by atoms with E-state index in [0.29, 0.717) is 18.3 Å². The number of hydrogen-bond donors (Lipinski definition) is 3. The van der Waals surface area contributed by atoms with Crippen molar-refractivity contribution < 1.29 is 9.47 Å². The van der Waals surface area contributed by atoms with Crippen LogP contribution in [0.2, 0.25) is 0 Å². The van der Waals surface area contributed by atoms with Crippen molar-refractivity contribution in [3.8, 4) is 11.5 Å². The van der Waals surface area contributed by atoms with Crippen LogP contribution in [0.15, 0.2) is 30.5 Å². The van der Waals surface area contributed by atoms with E-state index in [9.17, 15) is 0 Å². The van der Waals surface area contributed by atoms with Gasteiger partial charge in [0.2, 0.25) is 5.95 Å². The molecule has 0 fully saturated rings. The third-order valence-corrected chi connectivity index (χ3v) is 2.74. The number of rotatable bonds is 6. The van der Waals surface area contributed by atoms with Crippen LogP contribution in [0.3, 0.4) is 0 Å². The number of nitrogens with two attached hydrogens (primary N) is 1. The molecule has 7 heteroatoms. The lowest BCUT2D eigenvalue weighted by Gasteiger charge is -2.11. The zero-order valence-corrected chi connectivity index (χ0v) is 11.4. The Kier molecular flexibility index (Phi) is 4.56. The molecule has 0 unspecified atom stereocenters. The molecular weight excluding hydrogens is 258 g/mol. The van der Waals surface area contributed by atoms with Gasteiger partial charge < -0.3 is 14.8 Å². The smallest absolute Gasteiger partial charge is 0.239 e. The van der Waals surface area contributed by atoms with Crippen LogP contribution in [0.1, 0.15) is 5.56 Å². The van der Waals surface area contributed by atoms with E-state index >= 15 is 0 Å². The predicted octanol–water partition coefficient (Wildman–Crippen LogP) is 1.39. The van der Waals surface area contributed by atoms with Gasteiger partial charge in [-0.15, -0.1) is 0 Å². The Bertz CT molecular complexity index is 576. The Balaban J connectivity index is 2.10. The highest BCUT2D eigenvalue weighted by Crippen LogP contribution is 2.25. The fraction of sp³-hybridized carbons (Fsp3) is 0.231. The van der Waals surface area contributed by atoms with Crippen LogP contribution in [0.4, 0.5) is 11.8 Å². The summed E-state index contributed by atoms with van der Waals surface area (Å²) in [4.78, 5) is 8.11. The van der Waals surface area contributed by atoms with E-state index < -0.39 is 0 Å². The molecule has 7 nitrogen and oxygen atoms in total. The minimum atomic E-state index is 0.358. The molecule has 0 bridgehead atoms. The summed E-state index contributed by atoms with van der Waals surface area (Å²) in [7, 11) is 3.24. The first-order valence-electron chi connectivity index (χ1n) is 6.01. The first kappa shape index (κ1) is 13.9. The molecule has 0 aliphatic heterocycles. The molecule has 0 atom stereocenters. The summed E-state index contributed by atoms with van der Waals surface area (Å²) >= 11 is 0. The van der Waals surface area contributed by atoms with Gasteiger partial charge in [-0.25, -0.2) is 10.8 Å². The molecule has 0 spiro atoms.